The third kappa shape index (κ3) is 6.07. The van der Waals surface area contributed by atoms with Gasteiger partial charge in [-0.1, -0.05) is 18.2 Å². The van der Waals surface area contributed by atoms with E-state index in [9.17, 15) is 9.59 Å². The third-order valence-corrected chi connectivity index (χ3v) is 5.64. The predicted octanol–water partition coefficient (Wildman–Crippen LogP) is 6.09. The Hall–Kier alpha value is -3.00. The van der Waals surface area contributed by atoms with Gasteiger partial charge in [0.25, 0.3) is 0 Å². The van der Waals surface area contributed by atoms with Gasteiger partial charge in [-0.05, 0) is 79.4 Å². The quantitative estimate of drug-likeness (QED) is 0.303. The number of aryl methyl sites for hydroxylation is 2. The van der Waals surface area contributed by atoms with Crippen LogP contribution in [-0.4, -0.2) is 35.9 Å². The van der Waals surface area contributed by atoms with E-state index >= 15 is 0 Å². The van der Waals surface area contributed by atoms with Crippen molar-refractivity contribution < 1.29 is 23.8 Å². The minimum Gasteiger partial charge on any atom is -0.493 e. The van der Waals surface area contributed by atoms with Crippen LogP contribution in [0.4, 0.5) is 10.5 Å². The molecule has 0 radical (unpaired) electrons. The molecule has 0 atom stereocenters. The summed E-state index contributed by atoms with van der Waals surface area (Å²) in [5, 5.41) is 3.66. The molecule has 8 heteroatoms. The third-order valence-electron chi connectivity index (χ3n) is 5.00. The number of fused-ring (bicyclic) bond motifs is 1. The maximum absolute atomic E-state index is 12.1. The van der Waals surface area contributed by atoms with Gasteiger partial charge in [0, 0.05) is 22.6 Å². The largest absolute Gasteiger partial charge is 0.493 e. The normalized spacial score (nSPS) is 11.3. The van der Waals surface area contributed by atoms with E-state index in [2.05, 4.69) is 21.2 Å². The van der Waals surface area contributed by atoms with E-state index in [0.29, 0.717) is 24.5 Å². The zero-order valence-corrected chi connectivity index (χ0v) is 21.1. The van der Waals surface area contributed by atoms with E-state index in [1.807, 2.05) is 64.2 Å². The zero-order chi connectivity index (χ0) is 24.2. The molecule has 0 bridgehead atoms. The van der Waals surface area contributed by atoms with Crippen molar-refractivity contribution in [3.8, 4) is 5.75 Å². The van der Waals surface area contributed by atoms with Crippen LogP contribution in [0.25, 0.3) is 10.9 Å². The number of hydrogen-bond acceptors (Lipinski definition) is 5. The van der Waals surface area contributed by atoms with Gasteiger partial charge < -0.3 is 18.8 Å². The van der Waals surface area contributed by atoms with Crippen LogP contribution in [0.1, 0.15) is 43.2 Å². The lowest BCUT2D eigenvalue weighted by Crippen LogP contribution is -2.27. The molecular weight excluding hydrogens is 488 g/mol. The highest BCUT2D eigenvalue weighted by molar-refractivity contribution is 9.10. The van der Waals surface area contributed by atoms with Crippen molar-refractivity contribution in [3.63, 3.8) is 0 Å². The smallest absolute Gasteiger partial charge is 0.412 e. The zero-order valence-electron chi connectivity index (χ0n) is 19.5. The van der Waals surface area contributed by atoms with Crippen molar-refractivity contribution in [3.05, 3.63) is 58.2 Å². The summed E-state index contributed by atoms with van der Waals surface area (Å²) in [4.78, 5) is 24.2. The standard InChI is InChI=1S/C25H29BrN2O5/c1-25(2,3)33-24(30)27-19-11-7-6-9-16(19)10-8-14-32-21-13-12-18(26)22-17(21)15-20(28(22)4)23(29)31-5/h6-7,9,11-13,15H,8,10,14H2,1-5H3,(H,27,30). The SMILES string of the molecule is COC(=O)c1cc2c(OCCCc3ccccc3NC(=O)OC(C)(C)C)ccc(Br)c2n1C. The number of esters is 1. The first kappa shape index (κ1) is 24.6. The summed E-state index contributed by atoms with van der Waals surface area (Å²) >= 11 is 3.55. The summed E-state index contributed by atoms with van der Waals surface area (Å²) in [5.41, 5.74) is 2.48. The predicted molar refractivity (Wildman–Crippen MR) is 132 cm³/mol. The number of aromatic nitrogens is 1. The maximum Gasteiger partial charge on any atom is 0.412 e. The van der Waals surface area contributed by atoms with Gasteiger partial charge in [0.05, 0.1) is 19.2 Å². The summed E-state index contributed by atoms with van der Waals surface area (Å²) < 4.78 is 19.0. The van der Waals surface area contributed by atoms with Crippen molar-refractivity contribution in [2.45, 2.75) is 39.2 Å². The number of nitrogens with one attached hydrogen (secondary N) is 1. The second-order valence-electron chi connectivity index (χ2n) is 8.62. The van der Waals surface area contributed by atoms with E-state index in [1.54, 1.807) is 10.6 Å². The minimum atomic E-state index is -0.561. The van der Waals surface area contributed by atoms with Crippen molar-refractivity contribution in [1.82, 2.24) is 4.57 Å². The van der Waals surface area contributed by atoms with Crippen LogP contribution in [0.15, 0.2) is 46.9 Å². The number of methoxy groups -OCH3 is 1. The van der Waals surface area contributed by atoms with Crippen LogP contribution in [0.2, 0.25) is 0 Å². The van der Waals surface area contributed by atoms with E-state index < -0.39 is 17.7 Å². The molecule has 1 aromatic heterocycles. The Kier molecular flexibility index (Phi) is 7.68. The summed E-state index contributed by atoms with van der Waals surface area (Å²) in [7, 11) is 3.18. The van der Waals surface area contributed by atoms with Crippen LogP contribution in [0.3, 0.4) is 0 Å². The van der Waals surface area contributed by atoms with Crippen LogP contribution in [0.5, 0.6) is 5.75 Å². The highest BCUT2D eigenvalue weighted by Gasteiger charge is 2.19. The van der Waals surface area contributed by atoms with Gasteiger partial charge in [0.2, 0.25) is 0 Å². The number of hydrogen-bond donors (Lipinski definition) is 1. The first-order valence-electron chi connectivity index (χ1n) is 10.7. The number of halogens is 1. The lowest BCUT2D eigenvalue weighted by Gasteiger charge is -2.20. The molecule has 0 spiro atoms. The van der Waals surface area contributed by atoms with Crippen LogP contribution < -0.4 is 10.1 Å². The molecule has 0 unspecified atom stereocenters. The molecule has 2 aromatic carbocycles. The Bertz CT molecular complexity index is 1160. The fourth-order valence-corrected chi connectivity index (χ4v) is 4.15. The Morgan fingerprint density at radius 2 is 1.85 bits per heavy atom. The molecule has 1 N–H and O–H groups in total. The molecule has 0 saturated heterocycles. The van der Waals surface area contributed by atoms with Gasteiger partial charge >= 0.3 is 12.1 Å². The number of carbonyl (C=O) groups is 2. The van der Waals surface area contributed by atoms with E-state index in [-0.39, 0.29) is 0 Å². The molecule has 0 aliphatic heterocycles. The van der Waals surface area contributed by atoms with E-state index in [1.165, 1.54) is 7.11 Å². The molecule has 0 saturated carbocycles. The van der Waals surface area contributed by atoms with Crippen LogP contribution in [0, 0.1) is 0 Å². The Morgan fingerprint density at radius 1 is 1.12 bits per heavy atom. The lowest BCUT2D eigenvalue weighted by atomic mass is 10.1. The average molecular weight is 517 g/mol. The first-order chi connectivity index (χ1) is 15.6. The van der Waals surface area contributed by atoms with Gasteiger partial charge in [-0.15, -0.1) is 0 Å². The van der Waals surface area contributed by atoms with Gasteiger partial charge in [-0.3, -0.25) is 5.32 Å². The molecule has 33 heavy (non-hydrogen) atoms. The maximum atomic E-state index is 12.1. The lowest BCUT2D eigenvalue weighted by molar-refractivity contribution is 0.0588. The van der Waals surface area contributed by atoms with Crippen molar-refractivity contribution >= 4 is 44.6 Å². The topological polar surface area (TPSA) is 78.8 Å². The van der Waals surface area contributed by atoms with Crippen molar-refractivity contribution in [2.24, 2.45) is 7.05 Å². The monoisotopic (exact) mass is 516 g/mol. The summed E-state index contributed by atoms with van der Waals surface area (Å²) in [6, 6.07) is 13.2. The molecule has 7 nitrogen and oxygen atoms in total. The number of nitrogens with zero attached hydrogens (tertiary/aromatic N) is 1. The number of rotatable bonds is 7. The van der Waals surface area contributed by atoms with Crippen LogP contribution >= 0.6 is 15.9 Å². The van der Waals surface area contributed by atoms with Gasteiger partial charge in [0.15, 0.2) is 0 Å². The highest BCUT2D eigenvalue weighted by atomic mass is 79.9. The Labute approximate surface area is 202 Å². The van der Waals surface area contributed by atoms with Crippen molar-refractivity contribution in [1.29, 1.82) is 0 Å². The van der Waals surface area contributed by atoms with Gasteiger partial charge in [-0.2, -0.15) is 0 Å². The number of ether oxygens (including phenoxy) is 3. The number of para-hydroxylation sites is 1. The number of anilines is 1. The average Bonchev–Trinajstić information content (AvgIpc) is 3.10. The van der Waals surface area contributed by atoms with Crippen molar-refractivity contribution in [2.75, 3.05) is 19.0 Å². The molecule has 3 aromatic rings. The summed E-state index contributed by atoms with van der Waals surface area (Å²) in [6.07, 6.45) is 0.976. The van der Waals surface area contributed by atoms with Gasteiger partial charge in [-0.25, -0.2) is 9.59 Å². The van der Waals surface area contributed by atoms with Gasteiger partial charge in [0.1, 0.15) is 17.0 Å². The van der Waals surface area contributed by atoms with E-state index in [0.717, 1.165) is 33.0 Å². The molecule has 1 heterocycles. The molecule has 0 aliphatic carbocycles. The van der Waals surface area contributed by atoms with Crippen LogP contribution in [-0.2, 0) is 22.9 Å². The molecule has 3 rings (SSSR count). The van der Waals surface area contributed by atoms with E-state index in [4.69, 9.17) is 14.2 Å². The Morgan fingerprint density at radius 3 is 2.55 bits per heavy atom. The second kappa shape index (κ2) is 10.3. The number of benzene rings is 2. The fourth-order valence-electron chi connectivity index (χ4n) is 3.54. The fraction of sp³-hybridized carbons (Fsp3) is 0.360. The molecule has 1 amide bonds. The first-order valence-corrected chi connectivity index (χ1v) is 11.5. The highest BCUT2D eigenvalue weighted by Crippen LogP contribution is 2.34. The summed E-state index contributed by atoms with van der Waals surface area (Å²) in [5.74, 6) is 0.291. The summed E-state index contributed by atoms with van der Waals surface area (Å²) in [6.45, 7) is 5.96. The minimum absolute atomic E-state index is 0.402. The second-order valence-corrected chi connectivity index (χ2v) is 9.48. The molecule has 176 valence electrons. The molecule has 0 fully saturated rings. The molecule has 0 aliphatic rings. The Balaban J connectivity index is 1.67. The number of amides is 1. The number of carbonyl (C=O) groups excluding carboxylic acids is 2. The molecular formula is C25H29BrN2O5.